The number of nitrogens with one attached hydrogen (secondary N) is 3. The summed E-state index contributed by atoms with van der Waals surface area (Å²) in [7, 11) is 1.44. The summed E-state index contributed by atoms with van der Waals surface area (Å²) in [5.41, 5.74) is -0.753. The quantitative estimate of drug-likeness (QED) is 0.342. The molecule has 13 heteroatoms. The molecular formula is C22H37N3O10. The van der Waals surface area contributed by atoms with Crippen molar-refractivity contribution in [1.29, 1.82) is 0 Å². The van der Waals surface area contributed by atoms with Gasteiger partial charge < -0.3 is 44.7 Å². The smallest absolute Gasteiger partial charge is 0.408 e. The molecule has 2 heterocycles. The zero-order chi connectivity index (χ0) is 26.7. The van der Waals surface area contributed by atoms with E-state index in [0.29, 0.717) is 0 Å². The van der Waals surface area contributed by atoms with E-state index in [1.807, 2.05) is 0 Å². The second kappa shape index (κ2) is 11.1. The molecule has 35 heavy (non-hydrogen) atoms. The minimum absolute atomic E-state index is 0.324. The first kappa shape index (κ1) is 28.8. The van der Waals surface area contributed by atoms with Gasteiger partial charge in [0.15, 0.2) is 12.1 Å². The predicted octanol–water partition coefficient (Wildman–Crippen LogP) is 0.255. The van der Waals surface area contributed by atoms with Gasteiger partial charge in [0, 0.05) is 13.5 Å². The van der Waals surface area contributed by atoms with Crippen LogP contribution < -0.4 is 16.0 Å². The zero-order valence-corrected chi connectivity index (χ0v) is 21.4. The molecule has 3 amide bonds. The van der Waals surface area contributed by atoms with Crippen LogP contribution in [0.15, 0.2) is 0 Å². The van der Waals surface area contributed by atoms with E-state index in [0.717, 1.165) is 0 Å². The predicted molar refractivity (Wildman–Crippen MR) is 120 cm³/mol. The van der Waals surface area contributed by atoms with Gasteiger partial charge in [-0.1, -0.05) is 0 Å². The molecule has 0 spiro atoms. The highest BCUT2D eigenvalue weighted by molar-refractivity contribution is 5.87. The van der Waals surface area contributed by atoms with E-state index in [4.69, 9.17) is 28.8 Å². The van der Waals surface area contributed by atoms with Crippen LogP contribution in [-0.2, 0) is 38.1 Å². The number of carboxylic acid groups (broad SMARTS) is 1. The van der Waals surface area contributed by atoms with Gasteiger partial charge in [0.05, 0.1) is 6.04 Å². The van der Waals surface area contributed by atoms with Gasteiger partial charge in [-0.15, -0.1) is 0 Å². The minimum Gasteiger partial charge on any atom is -0.480 e. The molecule has 0 aromatic rings. The summed E-state index contributed by atoms with van der Waals surface area (Å²) in [4.78, 5) is 48.7. The fourth-order valence-corrected chi connectivity index (χ4v) is 3.77. The van der Waals surface area contributed by atoms with E-state index in [-0.39, 0.29) is 6.42 Å². The van der Waals surface area contributed by atoms with E-state index < -0.39 is 78.0 Å². The summed E-state index contributed by atoms with van der Waals surface area (Å²) in [6.45, 7) is 11.3. The van der Waals surface area contributed by atoms with Crippen molar-refractivity contribution < 1.29 is 48.0 Å². The normalized spacial score (nSPS) is 27.8. The van der Waals surface area contributed by atoms with Gasteiger partial charge in [-0.25, -0.2) is 4.79 Å². The molecule has 0 saturated carbocycles. The molecule has 2 saturated heterocycles. The number of carboxylic acids is 1. The van der Waals surface area contributed by atoms with Gasteiger partial charge >= 0.3 is 12.1 Å². The number of hydrogen-bond donors (Lipinski definition) is 4. The van der Waals surface area contributed by atoms with Crippen LogP contribution >= 0.6 is 0 Å². The Morgan fingerprint density at radius 2 is 1.66 bits per heavy atom. The number of alkyl carbamates (subject to hydrolysis) is 1. The Balaban J connectivity index is 2.16. The van der Waals surface area contributed by atoms with Crippen LogP contribution in [0.2, 0.25) is 0 Å². The standard InChI is InChI=1S/C22H37N3O10/c1-10(24-20(30)35-21(3,4)5)17(27)25-12(9-13(26)23-11(2)18(28)29)14-15(31-8)16-19(32-14)34-22(6,7)33-16/h10-12,14-16,19H,9H2,1-8H3,(H,23,26)(H,24,30)(H,25,27)(H,28,29)/t10-,11-,12+,14+,15-,16+,19+/m0/s1. The molecule has 2 fully saturated rings. The van der Waals surface area contributed by atoms with Crippen LogP contribution in [0.5, 0.6) is 0 Å². The van der Waals surface area contributed by atoms with Gasteiger partial charge in [-0.3, -0.25) is 14.4 Å². The number of ether oxygens (including phenoxy) is 5. The third kappa shape index (κ3) is 8.02. The summed E-state index contributed by atoms with van der Waals surface area (Å²) >= 11 is 0. The van der Waals surface area contributed by atoms with Crippen molar-refractivity contribution in [3.63, 3.8) is 0 Å². The molecular weight excluding hydrogens is 466 g/mol. The van der Waals surface area contributed by atoms with Crippen molar-refractivity contribution >= 4 is 23.9 Å². The van der Waals surface area contributed by atoms with Gasteiger partial charge in [0.1, 0.15) is 36.0 Å². The lowest BCUT2D eigenvalue weighted by molar-refractivity contribution is -0.220. The first-order valence-electron chi connectivity index (χ1n) is 11.4. The first-order valence-corrected chi connectivity index (χ1v) is 11.4. The summed E-state index contributed by atoms with van der Waals surface area (Å²) < 4.78 is 28.3. The molecule has 2 aliphatic heterocycles. The number of hydrogen-bond acceptors (Lipinski definition) is 9. The number of carbonyl (C=O) groups excluding carboxylic acids is 3. The van der Waals surface area contributed by atoms with Crippen molar-refractivity contribution in [1.82, 2.24) is 16.0 Å². The van der Waals surface area contributed by atoms with Gasteiger partial charge in [0.2, 0.25) is 11.8 Å². The monoisotopic (exact) mass is 503 g/mol. The van der Waals surface area contributed by atoms with Crippen LogP contribution in [0.25, 0.3) is 0 Å². The number of fused-ring (bicyclic) bond motifs is 1. The molecule has 0 radical (unpaired) electrons. The maximum absolute atomic E-state index is 12.9. The highest BCUT2D eigenvalue weighted by Crippen LogP contribution is 2.39. The lowest BCUT2D eigenvalue weighted by atomic mass is 9.99. The fraction of sp³-hybridized carbons (Fsp3) is 0.818. The van der Waals surface area contributed by atoms with Crippen molar-refractivity contribution in [3.8, 4) is 0 Å². The van der Waals surface area contributed by atoms with E-state index in [1.54, 1.807) is 34.6 Å². The number of amides is 3. The van der Waals surface area contributed by atoms with E-state index in [1.165, 1.54) is 21.0 Å². The van der Waals surface area contributed by atoms with Crippen molar-refractivity contribution in [2.24, 2.45) is 0 Å². The number of rotatable bonds is 9. The Labute approximate surface area is 204 Å². The van der Waals surface area contributed by atoms with Gasteiger partial charge in [0.25, 0.3) is 0 Å². The van der Waals surface area contributed by atoms with E-state index in [9.17, 15) is 19.2 Å². The zero-order valence-electron chi connectivity index (χ0n) is 21.4. The fourth-order valence-electron chi connectivity index (χ4n) is 3.77. The van der Waals surface area contributed by atoms with E-state index >= 15 is 0 Å². The minimum atomic E-state index is -1.21. The Kier molecular flexibility index (Phi) is 9.09. The molecule has 2 rings (SSSR count). The second-order valence-electron chi connectivity index (χ2n) is 10.1. The average Bonchev–Trinajstić information content (AvgIpc) is 3.16. The molecule has 200 valence electrons. The van der Waals surface area contributed by atoms with Crippen LogP contribution in [0.3, 0.4) is 0 Å². The summed E-state index contributed by atoms with van der Waals surface area (Å²) in [6.07, 6.45) is -4.08. The number of methoxy groups -OCH3 is 1. The van der Waals surface area contributed by atoms with Crippen LogP contribution in [0.4, 0.5) is 4.79 Å². The maximum Gasteiger partial charge on any atom is 0.408 e. The molecule has 13 nitrogen and oxygen atoms in total. The highest BCUT2D eigenvalue weighted by atomic mass is 16.8. The summed E-state index contributed by atoms with van der Waals surface area (Å²) in [6, 6.07) is -3.11. The number of aliphatic carboxylic acids is 1. The molecule has 0 unspecified atom stereocenters. The van der Waals surface area contributed by atoms with Crippen molar-refractivity contribution in [2.75, 3.05) is 7.11 Å². The largest absolute Gasteiger partial charge is 0.480 e. The second-order valence-corrected chi connectivity index (χ2v) is 10.1. The topological polar surface area (TPSA) is 171 Å². The molecule has 7 atom stereocenters. The summed E-state index contributed by atoms with van der Waals surface area (Å²) in [5, 5.41) is 16.6. The molecule has 0 aliphatic carbocycles. The Morgan fingerprint density at radius 3 is 2.20 bits per heavy atom. The first-order chi connectivity index (χ1) is 16.0. The Hall–Kier alpha value is -2.48. The van der Waals surface area contributed by atoms with Gasteiger partial charge in [-0.05, 0) is 48.5 Å². The van der Waals surface area contributed by atoms with Crippen LogP contribution in [0.1, 0.15) is 54.9 Å². The Bertz CT molecular complexity index is 812. The lowest BCUT2D eigenvalue weighted by Crippen LogP contribution is -2.56. The van der Waals surface area contributed by atoms with Crippen molar-refractivity contribution in [2.45, 2.75) is 109 Å². The van der Waals surface area contributed by atoms with E-state index in [2.05, 4.69) is 16.0 Å². The summed E-state index contributed by atoms with van der Waals surface area (Å²) in [5.74, 6) is -3.36. The highest BCUT2D eigenvalue weighted by Gasteiger charge is 2.57. The maximum atomic E-state index is 12.9. The molecule has 2 aliphatic rings. The van der Waals surface area contributed by atoms with Crippen molar-refractivity contribution in [3.05, 3.63) is 0 Å². The lowest BCUT2D eigenvalue weighted by Gasteiger charge is -2.31. The Morgan fingerprint density at radius 1 is 1.03 bits per heavy atom. The number of carbonyl (C=O) groups is 4. The van der Waals surface area contributed by atoms with Crippen LogP contribution in [0, 0.1) is 0 Å². The molecule has 0 aromatic carbocycles. The third-order valence-electron chi connectivity index (χ3n) is 5.30. The third-order valence-corrected chi connectivity index (χ3v) is 5.30. The van der Waals surface area contributed by atoms with Crippen LogP contribution in [-0.4, -0.2) is 90.2 Å². The molecule has 4 N–H and O–H groups in total. The molecule has 0 aromatic heterocycles. The van der Waals surface area contributed by atoms with Gasteiger partial charge in [-0.2, -0.15) is 0 Å². The average molecular weight is 504 g/mol. The SMILES string of the molecule is CO[C@@H]1[C@H]2OC(C)(C)O[C@H]2O[C@@H]1[C@@H](CC(=O)N[C@@H](C)C(=O)O)NC(=O)[C@H](C)NC(=O)OC(C)(C)C. The molecule has 0 bridgehead atoms.